The van der Waals surface area contributed by atoms with Crippen LogP contribution in [0.2, 0.25) is 0 Å². The first-order chi connectivity index (χ1) is 6.24. The number of rotatable bonds is 4. The van der Waals surface area contributed by atoms with Crippen molar-refractivity contribution >= 4 is 0 Å². The molecule has 72 valence electrons. The van der Waals surface area contributed by atoms with E-state index in [4.69, 9.17) is 5.73 Å². The van der Waals surface area contributed by atoms with Gasteiger partial charge in [-0.1, -0.05) is 12.1 Å². The molecule has 0 aromatic heterocycles. The van der Waals surface area contributed by atoms with Crippen molar-refractivity contribution in [1.29, 1.82) is 0 Å². The Morgan fingerprint density at radius 3 is 2.92 bits per heavy atom. The lowest BCUT2D eigenvalue weighted by atomic mass is 10.1. The predicted molar refractivity (Wildman–Crippen MR) is 53.6 cm³/mol. The molecule has 0 aliphatic carbocycles. The highest BCUT2D eigenvalue weighted by Gasteiger charge is 2.03. The van der Waals surface area contributed by atoms with Crippen LogP contribution in [0.5, 0.6) is 5.75 Å². The summed E-state index contributed by atoms with van der Waals surface area (Å²) in [6, 6.07) is 7.47. The second kappa shape index (κ2) is 4.84. The highest BCUT2D eigenvalue weighted by Crippen LogP contribution is 2.17. The SMILES string of the molecule is C[C@H](NCCN)c1cccc(O)c1. The maximum atomic E-state index is 9.23. The Kier molecular flexibility index (Phi) is 3.73. The van der Waals surface area contributed by atoms with Gasteiger partial charge >= 0.3 is 0 Å². The summed E-state index contributed by atoms with van der Waals surface area (Å²) in [5, 5.41) is 12.5. The van der Waals surface area contributed by atoms with Gasteiger partial charge in [0, 0.05) is 19.1 Å². The van der Waals surface area contributed by atoms with Crippen LogP contribution in [0.1, 0.15) is 18.5 Å². The lowest BCUT2D eigenvalue weighted by Crippen LogP contribution is -2.25. The quantitative estimate of drug-likeness (QED) is 0.648. The van der Waals surface area contributed by atoms with Gasteiger partial charge in [-0.25, -0.2) is 0 Å². The van der Waals surface area contributed by atoms with E-state index in [1.807, 2.05) is 19.1 Å². The molecule has 0 fully saturated rings. The van der Waals surface area contributed by atoms with E-state index in [0.29, 0.717) is 12.3 Å². The van der Waals surface area contributed by atoms with Crippen LogP contribution in [-0.2, 0) is 0 Å². The third kappa shape index (κ3) is 3.05. The van der Waals surface area contributed by atoms with Crippen molar-refractivity contribution in [3.05, 3.63) is 29.8 Å². The fourth-order valence-electron chi connectivity index (χ4n) is 1.21. The zero-order valence-corrected chi connectivity index (χ0v) is 7.83. The van der Waals surface area contributed by atoms with E-state index in [1.54, 1.807) is 12.1 Å². The first-order valence-electron chi connectivity index (χ1n) is 4.46. The molecule has 1 rings (SSSR count). The van der Waals surface area contributed by atoms with Gasteiger partial charge in [-0.3, -0.25) is 0 Å². The number of phenolic OH excluding ortho intramolecular Hbond substituents is 1. The molecule has 0 saturated heterocycles. The van der Waals surface area contributed by atoms with Gasteiger partial charge < -0.3 is 16.2 Å². The maximum Gasteiger partial charge on any atom is 0.115 e. The smallest absolute Gasteiger partial charge is 0.115 e. The van der Waals surface area contributed by atoms with Crippen molar-refractivity contribution in [1.82, 2.24) is 5.32 Å². The van der Waals surface area contributed by atoms with E-state index in [0.717, 1.165) is 12.1 Å². The van der Waals surface area contributed by atoms with Gasteiger partial charge in [0.15, 0.2) is 0 Å². The topological polar surface area (TPSA) is 58.3 Å². The van der Waals surface area contributed by atoms with Gasteiger partial charge in [0.1, 0.15) is 5.75 Å². The molecule has 3 heteroatoms. The Labute approximate surface area is 78.6 Å². The Morgan fingerprint density at radius 1 is 1.54 bits per heavy atom. The van der Waals surface area contributed by atoms with Crippen LogP contribution in [0, 0.1) is 0 Å². The molecule has 0 amide bonds. The minimum absolute atomic E-state index is 0.232. The van der Waals surface area contributed by atoms with Crippen LogP contribution in [0.3, 0.4) is 0 Å². The molecule has 0 bridgehead atoms. The van der Waals surface area contributed by atoms with E-state index in [-0.39, 0.29) is 6.04 Å². The largest absolute Gasteiger partial charge is 0.508 e. The van der Waals surface area contributed by atoms with E-state index < -0.39 is 0 Å². The summed E-state index contributed by atoms with van der Waals surface area (Å²) in [5.74, 6) is 0.305. The average Bonchev–Trinajstić information content (AvgIpc) is 2.14. The summed E-state index contributed by atoms with van der Waals surface area (Å²) in [6.07, 6.45) is 0. The van der Waals surface area contributed by atoms with Crippen LogP contribution in [0.15, 0.2) is 24.3 Å². The predicted octanol–water partition coefficient (Wildman–Crippen LogP) is 1.00. The van der Waals surface area contributed by atoms with E-state index in [2.05, 4.69) is 5.32 Å². The lowest BCUT2D eigenvalue weighted by molar-refractivity contribution is 0.472. The fourth-order valence-corrected chi connectivity index (χ4v) is 1.21. The summed E-state index contributed by atoms with van der Waals surface area (Å²) in [6.45, 7) is 3.46. The number of nitrogens with one attached hydrogen (secondary N) is 1. The molecular weight excluding hydrogens is 164 g/mol. The Bertz CT molecular complexity index is 263. The first kappa shape index (κ1) is 10.0. The molecule has 0 saturated carbocycles. The lowest BCUT2D eigenvalue weighted by Gasteiger charge is -2.13. The van der Waals surface area contributed by atoms with Gasteiger partial charge in [0.2, 0.25) is 0 Å². The third-order valence-corrected chi connectivity index (χ3v) is 1.97. The van der Waals surface area contributed by atoms with Crippen LogP contribution in [0.4, 0.5) is 0 Å². The first-order valence-corrected chi connectivity index (χ1v) is 4.46. The Balaban J connectivity index is 2.60. The van der Waals surface area contributed by atoms with Gasteiger partial charge in [-0.15, -0.1) is 0 Å². The summed E-state index contributed by atoms with van der Waals surface area (Å²) in [7, 11) is 0. The fraction of sp³-hybridized carbons (Fsp3) is 0.400. The van der Waals surface area contributed by atoms with Crippen LogP contribution >= 0.6 is 0 Å². The summed E-state index contributed by atoms with van der Waals surface area (Å²) in [4.78, 5) is 0. The zero-order valence-electron chi connectivity index (χ0n) is 7.83. The van der Waals surface area contributed by atoms with Gasteiger partial charge in [-0.2, -0.15) is 0 Å². The molecule has 3 nitrogen and oxygen atoms in total. The highest BCUT2D eigenvalue weighted by atomic mass is 16.3. The second-order valence-corrected chi connectivity index (χ2v) is 3.06. The molecule has 0 unspecified atom stereocenters. The van der Waals surface area contributed by atoms with Crippen LogP contribution in [0.25, 0.3) is 0 Å². The number of nitrogens with two attached hydrogens (primary N) is 1. The molecular formula is C10H16N2O. The van der Waals surface area contributed by atoms with Gasteiger partial charge in [0.05, 0.1) is 0 Å². The minimum atomic E-state index is 0.232. The van der Waals surface area contributed by atoms with Crippen LogP contribution in [-0.4, -0.2) is 18.2 Å². The van der Waals surface area contributed by atoms with Crippen LogP contribution < -0.4 is 11.1 Å². The number of benzene rings is 1. The molecule has 0 radical (unpaired) electrons. The molecule has 0 aliphatic heterocycles. The monoisotopic (exact) mass is 180 g/mol. The van der Waals surface area contributed by atoms with Crippen molar-refractivity contribution in [3.63, 3.8) is 0 Å². The average molecular weight is 180 g/mol. The van der Waals surface area contributed by atoms with E-state index in [1.165, 1.54) is 0 Å². The Morgan fingerprint density at radius 2 is 2.31 bits per heavy atom. The van der Waals surface area contributed by atoms with E-state index in [9.17, 15) is 5.11 Å². The Hall–Kier alpha value is -1.06. The third-order valence-electron chi connectivity index (χ3n) is 1.97. The molecule has 1 aromatic rings. The van der Waals surface area contributed by atoms with Gasteiger partial charge in [0.25, 0.3) is 0 Å². The molecule has 1 atom stereocenters. The zero-order chi connectivity index (χ0) is 9.68. The number of hydrogen-bond donors (Lipinski definition) is 3. The highest BCUT2D eigenvalue weighted by molar-refractivity contribution is 5.28. The number of phenols is 1. The summed E-state index contributed by atoms with van der Waals surface area (Å²) >= 11 is 0. The van der Waals surface area contributed by atoms with Crippen molar-refractivity contribution in [2.24, 2.45) is 5.73 Å². The molecule has 0 spiro atoms. The van der Waals surface area contributed by atoms with Crippen molar-refractivity contribution in [2.75, 3.05) is 13.1 Å². The van der Waals surface area contributed by atoms with Gasteiger partial charge in [-0.05, 0) is 24.6 Å². The normalized spacial score (nSPS) is 12.8. The van der Waals surface area contributed by atoms with E-state index >= 15 is 0 Å². The summed E-state index contributed by atoms with van der Waals surface area (Å²) < 4.78 is 0. The maximum absolute atomic E-state index is 9.23. The molecule has 4 N–H and O–H groups in total. The number of aromatic hydroxyl groups is 1. The summed E-state index contributed by atoms with van der Waals surface area (Å²) in [5.41, 5.74) is 6.45. The number of hydrogen-bond acceptors (Lipinski definition) is 3. The molecule has 13 heavy (non-hydrogen) atoms. The minimum Gasteiger partial charge on any atom is -0.508 e. The van der Waals surface area contributed by atoms with Crippen molar-refractivity contribution in [2.45, 2.75) is 13.0 Å². The van der Waals surface area contributed by atoms with Crippen molar-refractivity contribution in [3.8, 4) is 5.75 Å². The molecule has 0 heterocycles. The standard InChI is InChI=1S/C10H16N2O/c1-8(12-6-5-11)9-3-2-4-10(13)7-9/h2-4,7-8,12-13H,5-6,11H2,1H3/t8-/m0/s1. The second-order valence-electron chi connectivity index (χ2n) is 3.06. The molecule has 1 aromatic carbocycles. The molecule has 0 aliphatic rings. The van der Waals surface area contributed by atoms with Crippen molar-refractivity contribution < 1.29 is 5.11 Å².